The summed E-state index contributed by atoms with van der Waals surface area (Å²) in [6.45, 7) is 2.75. The van der Waals surface area contributed by atoms with E-state index in [1.54, 1.807) is 0 Å². The second kappa shape index (κ2) is 5.29. The second-order valence-corrected chi connectivity index (χ2v) is 2.39. The molecule has 0 atom stereocenters. The molecule has 0 rings (SSSR count). The zero-order valence-electron chi connectivity index (χ0n) is 7.14. The average Bonchev–Trinajstić information content (AvgIpc) is 1.84. The van der Waals surface area contributed by atoms with Gasteiger partial charge in [0.25, 0.3) is 0 Å². The average molecular weight is 172 g/mol. The summed E-state index contributed by atoms with van der Waals surface area (Å²) in [4.78, 5) is 31.5. The number of nitrogens with one attached hydrogen (secondary N) is 2. The summed E-state index contributed by atoms with van der Waals surface area (Å²) in [6, 6.07) is 0. The Labute approximate surface area is 70.5 Å². The summed E-state index contributed by atoms with van der Waals surface area (Å²) in [5.41, 5.74) is 0. The lowest BCUT2D eigenvalue weighted by atomic mass is 10.3. The predicted octanol–water partition coefficient (Wildman–Crippen LogP) is -0.825. The quantitative estimate of drug-likeness (QED) is 0.429. The van der Waals surface area contributed by atoms with Crippen molar-refractivity contribution in [3.05, 3.63) is 0 Å². The van der Waals surface area contributed by atoms with E-state index in [4.69, 9.17) is 0 Å². The minimum Gasteiger partial charge on any atom is -0.339 e. The Balaban J connectivity index is 3.44. The van der Waals surface area contributed by atoms with Crippen LogP contribution in [0.3, 0.4) is 0 Å². The van der Waals surface area contributed by atoms with Crippen molar-refractivity contribution < 1.29 is 14.4 Å². The van der Waals surface area contributed by atoms with E-state index >= 15 is 0 Å². The lowest BCUT2D eigenvalue weighted by Crippen LogP contribution is -2.36. The van der Waals surface area contributed by atoms with Crippen LogP contribution in [0, 0.1) is 0 Å². The molecule has 0 fully saturated rings. The fourth-order valence-electron chi connectivity index (χ4n) is 0.556. The normalized spacial score (nSPS) is 8.83. The first-order valence-corrected chi connectivity index (χ1v) is 3.53. The Bertz CT molecular complexity index is 201. The van der Waals surface area contributed by atoms with Crippen molar-refractivity contribution in [2.45, 2.75) is 20.3 Å². The molecule has 5 nitrogen and oxygen atoms in total. The highest BCUT2D eigenvalue weighted by molar-refractivity contribution is 5.96. The lowest BCUT2D eigenvalue weighted by Gasteiger charge is -2.03. The maximum Gasteiger partial charge on any atom is 0.228 e. The van der Waals surface area contributed by atoms with Gasteiger partial charge in [-0.1, -0.05) is 0 Å². The first-order valence-electron chi connectivity index (χ1n) is 3.53. The lowest BCUT2D eigenvalue weighted by molar-refractivity contribution is -0.127. The van der Waals surface area contributed by atoms with Crippen LogP contribution in [-0.2, 0) is 14.4 Å². The molecule has 68 valence electrons. The van der Waals surface area contributed by atoms with Gasteiger partial charge in [0.05, 0.1) is 13.1 Å². The van der Waals surface area contributed by atoms with Crippen molar-refractivity contribution in [3.8, 4) is 0 Å². The Kier molecular flexibility index (Phi) is 4.67. The fourth-order valence-corrected chi connectivity index (χ4v) is 0.556. The van der Waals surface area contributed by atoms with E-state index in [1.807, 2.05) is 0 Å². The monoisotopic (exact) mass is 172 g/mol. The topological polar surface area (TPSA) is 75.3 Å². The molecular weight excluding hydrogens is 160 g/mol. The summed E-state index contributed by atoms with van der Waals surface area (Å²) in [5, 5.41) is 4.72. The van der Waals surface area contributed by atoms with Gasteiger partial charge in [0.1, 0.15) is 5.78 Å². The van der Waals surface area contributed by atoms with Gasteiger partial charge in [0.2, 0.25) is 11.8 Å². The number of carbonyl (C=O) groups excluding carboxylic acids is 3. The largest absolute Gasteiger partial charge is 0.339 e. The van der Waals surface area contributed by atoms with E-state index in [-0.39, 0.29) is 30.7 Å². The van der Waals surface area contributed by atoms with Crippen LogP contribution >= 0.6 is 0 Å². The van der Waals surface area contributed by atoms with Crippen LogP contribution in [0.25, 0.3) is 0 Å². The standard InChI is InChI=1S/C7H12N2O3/c1-5(10)3-7(12)9-4-8-6(2)11/h3-4H2,1-2H3,(H,8,11)(H,9,12). The van der Waals surface area contributed by atoms with Crippen molar-refractivity contribution in [3.63, 3.8) is 0 Å². The van der Waals surface area contributed by atoms with Crippen LogP contribution in [-0.4, -0.2) is 24.3 Å². The Morgan fingerprint density at radius 2 is 1.67 bits per heavy atom. The van der Waals surface area contributed by atoms with E-state index in [1.165, 1.54) is 13.8 Å². The number of hydrogen-bond donors (Lipinski definition) is 2. The highest BCUT2D eigenvalue weighted by Gasteiger charge is 2.03. The van der Waals surface area contributed by atoms with E-state index < -0.39 is 0 Å². The van der Waals surface area contributed by atoms with E-state index in [0.29, 0.717) is 0 Å². The van der Waals surface area contributed by atoms with Crippen LogP contribution in [0.2, 0.25) is 0 Å². The molecule has 0 aromatic carbocycles. The molecule has 0 bridgehead atoms. The van der Waals surface area contributed by atoms with Gasteiger partial charge in [0.15, 0.2) is 0 Å². The number of ketones is 1. The smallest absolute Gasteiger partial charge is 0.228 e. The minimum atomic E-state index is -0.378. The van der Waals surface area contributed by atoms with Gasteiger partial charge < -0.3 is 10.6 Å². The molecule has 0 unspecified atom stereocenters. The van der Waals surface area contributed by atoms with E-state index in [0.717, 1.165) is 0 Å². The maximum absolute atomic E-state index is 10.8. The Morgan fingerprint density at radius 3 is 2.08 bits per heavy atom. The molecule has 0 aliphatic carbocycles. The summed E-state index contributed by atoms with van der Waals surface area (Å²) in [7, 11) is 0. The minimum absolute atomic E-state index is 0.0709. The summed E-state index contributed by atoms with van der Waals surface area (Å²) in [6.07, 6.45) is -0.139. The van der Waals surface area contributed by atoms with Crippen LogP contribution in [0.4, 0.5) is 0 Å². The fraction of sp³-hybridized carbons (Fsp3) is 0.571. The highest BCUT2D eigenvalue weighted by Crippen LogP contribution is 1.79. The Hall–Kier alpha value is -1.39. The number of hydrogen-bond acceptors (Lipinski definition) is 3. The van der Waals surface area contributed by atoms with Gasteiger partial charge >= 0.3 is 0 Å². The molecule has 0 spiro atoms. The number of carbonyl (C=O) groups is 3. The van der Waals surface area contributed by atoms with Crippen LogP contribution in [0.15, 0.2) is 0 Å². The van der Waals surface area contributed by atoms with Gasteiger partial charge in [-0.05, 0) is 6.92 Å². The SMILES string of the molecule is CC(=O)CC(=O)NCNC(C)=O. The molecule has 12 heavy (non-hydrogen) atoms. The van der Waals surface area contributed by atoms with Gasteiger partial charge in [-0.25, -0.2) is 0 Å². The van der Waals surface area contributed by atoms with Gasteiger partial charge in [0, 0.05) is 6.92 Å². The van der Waals surface area contributed by atoms with Gasteiger partial charge in [-0.3, -0.25) is 14.4 Å². The summed E-state index contributed by atoms with van der Waals surface area (Å²) < 4.78 is 0. The molecule has 0 aliphatic rings. The molecule has 2 N–H and O–H groups in total. The number of Topliss-reactive ketones (excluding diaryl/α,β-unsaturated/α-hetero) is 1. The molecule has 5 heteroatoms. The molecule has 0 saturated carbocycles. The van der Waals surface area contributed by atoms with Crippen LogP contribution in [0.1, 0.15) is 20.3 Å². The van der Waals surface area contributed by atoms with Crippen molar-refractivity contribution in [2.75, 3.05) is 6.67 Å². The summed E-state index contributed by atoms with van der Waals surface area (Å²) in [5.74, 6) is -0.801. The molecule has 0 saturated heterocycles. The van der Waals surface area contributed by atoms with Crippen LogP contribution < -0.4 is 10.6 Å². The second-order valence-electron chi connectivity index (χ2n) is 2.39. The molecule has 0 aromatic rings. The molecule has 0 heterocycles. The van der Waals surface area contributed by atoms with Gasteiger partial charge in [-0.15, -0.1) is 0 Å². The zero-order valence-corrected chi connectivity index (χ0v) is 7.14. The van der Waals surface area contributed by atoms with Crippen LogP contribution in [0.5, 0.6) is 0 Å². The molecule has 0 aromatic heterocycles. The van der Waals surface area contributed by atoms with E-state index in [9.17, 15) is 14.4 Å². The molecule has 0 aliphatic heterocycles. The van der Waals surface area contributed by atoms with Crippen molar-refractivity contribution in [1.29, 1.82) is 0 Å². The van der Waals surface area contributed by atoms with Crippen molar-refractivity contribution in [1.82, 2.24) is 10.6 Å². The van der Waals surface area contributed by atoms with Gasteiger partial charge in [-0.2, -0.15) is 0 Å². The Morgan fingerprint density at radius 1 is 1.08 bits per heavy atom. The summed E-state index contributed by atoms with van der Waals surface area (Å²) >= 11 is 0. The molecule has 0 radical (unpaired) electrons. The molecule has 2 amide bonds. The highest BCUT2D eigenvalue weighted by atomic mass is 16.2. The maximum atomic E-state index is 10.8. The van der Waals surface area contributed by atoms with Crippen molar-refractivity contribution >= 4 is 17.6 Å². The number of amides is 2. The predicted molar refractivity (Wildman–Crippen MR) is 42.1 cm³/mol. The number of rotatable bonds is 4. The third kappa shape index (κ3) is 6.73. The zero-order chi connectivity index (χ0) is 9.56. The first kappa shape index (κ1) is 10.6. The van der Waals surface area contributed by atoms with Crippen molar-refractivity contribution in [2.24, 2.45) is 0 Å². The third-order valence-electron chi connectivity index (χ3n) is 1.03. The first-order chi connectivity index (χ1) is 5.52. The van der Waals surface area contributed by atoms with E-state index in [2.05, 4.69) is 10.6 Å². The third-order valence-corrected chi connectivity index (χ3v) is 1.03. The molecular formula is C7H12N2O3.